The highest BCUT2D eigenvalue weighted by atomic mass is 19.1. The van der Waals surface area contributed by atoms with Crippen LogP contribution in [0.5, 0.6) is 0 Å². The summed E-state index contributed by atoms with van der Waals surface area (Å²) in [4.78, 5) is 17.1. The van der Waals surface area contributed by atoms with Gasteiger partial charge in [0.2, 0.25) is 0 Å². The number of hydrogen-bond donors (Lipinski definition) is 1. The molecule has 2 amide bonds. The Morgan fingerprint density at radius 2 is 1.77 bits per heavy atom. The SMILES string of the molecule is CC(C)NC(=O)N1CCCCN2C[C@H](c3ccc(C#Cc4ccccc4F)cc3)[C@@H]2C1. The molecule has 4 nitrogen and oxygen atoms in total. The Labute approximate surface area is 184 Å². The fraction of sp³-hybridized carbons (Fsp3) is 0.423. The second kappa shape index (κ2) is 9.53. The summed E-state index contributed by atoms with van der Waals surface area (Å²) in [5, 5.41) is 3.04. The van der Waals surface area contributed by atoms with E-state index in [1.54, 1.807) is 18.2 Å². The van der Waals surface area contributed by atoms with Gasteiger partial charge in [-0.2, -0.15) is 0 Å². The zero-order valence-corrected chi connectivity index (χ0v) is 18.3. The van der Waals surface area contributed by atoms with Crippen LogP contribution >= 0.6 is 0 Å². The van der Waals surface area contributed by atoms with Gasteiger partial charge in [0, 0.05) is 43.2 Å². The third kappa shape index (κ3) is 5.08. The fourth-order valence-corrected chi connectivity index (χ4v) is 4.43. The Balaban J connectivity index is 1.45. The predicted molar refractivity (Wildman–Crippen MR) is 121 cm³/mol. The lowest BCUT2D eigenvalue weighted by Crippen LogP contribution is -2.61. The molecule has 2 aromatic carbocycles. The molecule has 2 aromatic rings. The molecule has 0 saturated carbocycles. The lowest BCUT2D eigenvalue weighted by molar-refractivity contribution is 0.0255. The Morgan fingerprint density at radius 1 is 1.03 bits per heavy atom. The summed E-state index contributed by atoms with van der Waals surface area (Å²) in [6.45, 7) is 7.71. The monoisotopic (exact) mass is 419 g/mol. The Morgan fingerprint density at radius 3 is 2.52 bits per heavy atom. The number of amides is 2. The van der Waals surface area contributed by atoms with Crippen LogP contribution in [0.2, 0.25) is 0 Å². The molecule has 0 unspecified atom stereocenters. The Kier molecular flexibility index (Phi) is 6.58. The molecule has 0 aliphatic carbocycles. The highest BCUT2D eigenvalue weighted by Gasteiger charge is 2.41. The van der Waals surface area contributed by atoms with Gasteiger partial charge in [-0.05, 0) is 63.1 Å². The summed E-state index contributed by atoms with van der Waals surface area (Å²) in [7, 11) is 0. The maximum atomic E-state index is 13.8. The van der Waals surface area contributed by atoms with Crippen molar-refractivity contribution in [2.24, 2.45) is 0 Å². The molecule has 2 heterocycles. The molecule has 0 bridgehead atoms. The summed E-state index contributed by atoms with van der Waals surface area (Å²) in [6.07, 6.45) is 2.17. The average Bonchev–Trinajstić information content (AvgIpc) is 2.73. The van der Waals surface area contributed by atoms with Gasteiger partial charge in [-0.15, -0.1) is 0 Å². The number of benzene rings is 2. The molecule has 2 saturated heterocycles. The number of fused-ring (bicyclic) bond motifs is 1. The maximum absolute atomic E-state index is 13.8. The highest BCUT2D eigenvalue weighted by Crippen LogP contribution is 2.36. The first-order valence-corrected chi connectivity index (χ1v) is 11.2. The van der Waals surface area contributed by atoms with Gasteiger partial charge in [-0.25, -0.2) is 9.18 Å². The van der Waals surface area contributed by atoms with Gasteiger partial charge in [0.05, 0.1) is 5.56 Å². The molecular weight excluding hydrogens is 389 g/mol. The van der Waals surface area contributed by atoms with E-state index in [9.17, 15) is 9.18 Å². The van der Waals surface area contributed by atoms with Crippen LogP contribution in [0.3, 0.4) is 0 Å². The summed E-state index contributed by atoms with van der Waals surface area (Å²) in [5.74, 6) is 6.10. The molecular formula is C26H30FN3O. The first-order valence-electron chi connectivity index (χ1n) is 11.2. The summed E-state index contributed by atoms with van der Waals surface area (Å²) < 4.78 is 13.8. The smallest absolute Gasteiger partial charge is 0.317 e. The highest BCUT2D eigenvalue weighted by molar-refractivity contribution is 5.74. The van der Waals surface area contributed by atoms with Crippen molar-refractivity contribution in [1.29, 1.82) is 0 Å². The summed E-state index contributed by atoms with van der Waals surface area (Å²) in [5.41, 5.74) is 2.57. The van der Waals surface area contributed by atoms with Crippen LogP contribution in [0.4, 0.5) is 9.18 Å². The summed E-state index contributed by atoms with van der Waals surface area (Å²) >= 11 is 0. The van der Waals surface area contributed by atoms with E-state index >= 15 is 0 Å². The molecule has 2 atom stereocenters. The molecule has 31 heavy (non-hydrogen) atoms. The van der Waals surface area contributed by atoms with Crippen LogP contribution in [0.15, 0.2) is 48.5 Å². The van der Waals surface area contributed by atoms with Gasteiger partial charge >= 0.3 is 6.03 Å². The zero-order chi connectivity index (χ0) is 21.8. The molecule has 162 valence electrons. The van der Waals surface area contributed by atoms with Crippen LogP contribution in [0, 0.1) is 17.7 Å². The van der Waals surface area contributed by atoms with Crippen LogP contribution in [0.1, 0.15) is 49.3 Å². The summed E-state index contributed by atoms with van der Waals surface area (Å²) in [6, 6.07) is 15.4. The minimum absolute atomic E-state index is 0.0428. The molecule has 0 radical (unpaired) electrons. The van der Waals surface area contributed by atoms with Crippen molar-refractivity contribution in [1.82, 2.24) is 15.1 Å². The molecule has 4 rings (SSSR count). The molecule has 1 N–H and O–H groups in total. The van der Waals surface area contributed by atoms with Crippen LogP contribution in [-0.2, 0) is 0 Å². The third-order valence-corrected chi connectivity index (χ3v) is 6.15. The molecule has 2 fully saturated rings. The van der Waals surface area contributed by atoms with Crippen molar-refractivity contribution in [3.8, 4) is 11.8 Å². The van der Waals surface area contributed by atoms with E-state index < -0.39 is 0 Å². The lowest BCUT2D eigenvalue weighted by Gasteiger charge is -2.51. The molecule has 2 aliphatic heterocycles. The molecule has 0 spiro atoms. The molecule has 2 aliphatic rings. The number of hydrogen-bond acceptors (Lipinski definition) is 2. The van der Waals surface area contributed by atoms with E-state index in [0.717, 1.165) is 44.6 Å². The first-order chi connectivity index (χ1) is 15.0. The van der Waals surface area contributed by atoms with Gasteiger partial charge < -0.3 is 10.2 Å². The zero-order valence-electron chi connectivity index (χ0n) is 18.3. The van der Waals surface area contributed by atoms with Crippen molar-refractivity contribution in [3.63, 3.8) is 0 Å². The minimum Gasteiger partial charge on any atom is -0.336 e. The van der Waals surface area contributed by atoms with E-state index in [4.69, 9.17) is 0 Å². The number of rotatable bonds is 2. The number of urea groups is 1. The van der Waals surface area contributed by atoms with Crippen molar-refractivity contribution < 1.29 is 9.18 Å². The second-order valence-electron chi connectivity index (χ2n) is 8.78. The largest absolute Gasteiger partial charge is 0.336 e. The number of nitrogens with one attached hydrogen (secondary N) is 1. The number of carbonyl (C=O) groups excluding carboxylic acids is 1. The van der Waals surface area contributed by atoms with Gasteiger partial charge in [0.15, 0.2) is 0 Å². The van der Waals surface area contributed by atoms with Crippen LogP contribution < -0.4 is 5.32 Å². The van der Waals surface area contributed by atoms with Gasteiger partial charge in [0.1, 0.15) is 5.82 Å². The average molecular weight is 420 g/mol. The van der Waals surface area contributed by atoms with E-state index in [-0.39, 0.29) is 17.9 Å². The van der Waals surface area contributed by atoms with E-state index in [2.05, 4.69) is 34.2 Å². The Hall–Kier alpha value is -2.84. The van der Waals surface area contributed by atoms with Crippen molar-refractivity contribution in [2.75, 3.05) is 26.2 Å². The first kappa shape index (κ1) is 21.4. The maximum Gasteiger partial charge on any atom is 0.317 e. The number of carbonyl (C=O) groups is 1. The molecule has 0 aromatic heterocycles. The van der Waals surface area contributed by atoms with E-state index in [1.165, 1.54) is 11.6 Å². The number of halogens is 1. The number of nitrogens with zero attached hydrogens (tertiary/aromatic N) is 2. The van der Waals surface area contributed by atoms with Crippen molar-refractivity contribution in [3.05, 3.63) is 71.0 Å². The van der Waals surface area contributed by atoms with Crippen molar-refractivity contribution >= 4 is 6.03 Å². The fourth-order valence-electron chi connectivity index (χ4n) is 4.43. The van der Waals surface area contributed by atoms with E-state index in [1.807, 2.05) is 30.9 Å². The van der Waals surface area contributed by atoms with Gasteiger partial charge in [-0.1, -0.05) is 36.1 Å². The third-order valence-electron chi connectivity index (χ3n) is 6.15. The Bertz CT molecular complexity index is 976. The van der Waals surface area contributed by atoms with Gasteiger partial charge in [-0.3, -0.25) is 4.90 Å². The minimum atomic E-state index is -0.295. The topological polar surface area (TPSA) is 35.6 Å². The standard InChI is InChI=1S/C26H30FN3O/c1-19(2)28-26(31)30-16-6-5-15-29-17-23(25(29)18-30)21-12-9-20(10-13-21)11-14-22-7-3-4-8-24(22)27/h3-4,7-10,12-13,19,23,25H,5-6,15-18H2,1-2H3,(H,28,31)/t23-,25+/m1/s1. The molecule has 5 heteroatoms. The van der Waals surface area contributed by atoms with E-state index in [0.29, 0.717) is 17.5 Å². The van der Waals surface area contributed by atoms with Crippen LogP contribution in [-0.4, -0.2) is 54.1 Å². The van der Waals surface area contributed by atoms with Crippen LogP contribution in [0.25, 0.3) is 0 Å². The lowest BCUT2D eigenvalue weighted by atomic mass is 9.81. The van der Waals surface area contributed by atoms with Gasteiger partial charge in [0.25, 0.3) is 0 Å². The quantitative estimate of drug-likeness (QED) is 0.741. The normalized spacial score (nSPS) is 21.2. The predicted octanol–water partition coefficient (Wildman–Crippen LogP) is 4.21. The second-order valence-corrected chi connectivity index (χ2v) is 8.78. The van der Waals surface area contributed by atoms with Crippen molar-refractivity contribution in [2.45, 2.75) is 44.7 Å².